The number of nitriles is 1. The average molecular weight is 343 g/mol. The maximum Gasteiger partial charge on any atom is 0.273 e. The number of benzene rings is 1. The fraction of sp³-hybridized carbons (Fsp3) is 0.353. The van der Waals surface area contributed by atoms with Gasteiger partial charge in [0.15, 0.2) is 11.5 Å². The van der Waals surface area contributed by atoms with Crippen molar-refractivity contribution >= 4 is 17.2 Å². The van der Waals surface area contributed by atoms with Crippen LogP contribution in [-0.4, -0.2) is 35.7 Å². The molecule has 0 saturated carbocycles. The van der Waals surface area contributed by atoms with Crippen LogP contribution in [0.1, 0.15) is 24.3 Å². The van der Waals surface area contributed by atoms with Crippen LogP contribution in [0.2, 0.25) is 0 Å². The third-order valence-electron chi connectivity index (χ3n) is 3.73. The first kappa shape index (κ1) is 16.3. The van der Waals surface area contributed by atoms with Gasteiger partial charge in [-0.25, -0.2) is 4.98 Å². The van der Waals surface area contributed by atoms with Gasteiger partial charge in [0.2, 0.25) is 6.79 Å². The molecule has 7 heteroatoms. The Morgan fingerprint density at radius 1 is 1.46 bits per heavy atom. The van der Waals surface area contributed by atoms with E-state index < -0.39 is 0 Å². The molecule has 3 rings (SSSR count). The van der Waals surface area contributed by atoms with Crippen molar-refractivity contribution in [2.24, 2.45) is 5.92 Å². The summed E-state index contributed by atoms with van der Waals surface area (Å²) in [4.78, 5) is 18.7. The Hall–Kier alpha value is -2.59. The molecule has 2 heterocycles. The van der Waals surface area contributed by atoms with Crippen molar-refractivity contribution in [1.82, 2.24) is 9.88 Å². The van der Waals surface area contributed by atoms with E-state index in [-0.39, 0.29) is 18.6 Å². The predicted octanol–water partition coefficient (Wildman–Crippen LogP) is 3.16. The monoisotopic (exact) mass is 343 g/mol. The first-order valence-corrected chi connectivity index (χ1v) is 8.54. The minimum Gasteiger partial charge on any atom is -0.454 e. The molecule has 0 radical (unpaired) electrons. The van der Waals surface area contributed by atoms with E-state index in [1.54, 1.807) is 17.2 Å². The van der Waals surface area contributed by atoms with Gasteiger partial charge in [0, 0.05) is 24.0 Å². The average Bonchev–Trinajstić information content (AvgIpc) is 3.26. The van der Waals surface area contributed by atoms with Crippen molar-refractivity contribution in [3.63, 3.8) is 0 Å². The van der Waals surface area contributed by atoms with E-state index in [2.05, 4.69) is 11.1 Å². The summed E-state index contributed by atoms with van der Waals surface area (Å²) in [6.45, 7) is 4.87. The molecule has 1 atom stereocenters. The molecule has 0 unspecified atom stereocenters. The molecule has 1 amide bonds. The molecule has 0 aliphatic carbocycles. The van der Waals surface area contributed by atoms with Gasteiger partial charge in [-0.2, -0.15) is 5.26 Å². The molecule has 0 bridgehead atoms. The maximum absolute atomic E-state index is 12.6. The van der Waals surface area contributed by atoms with E-state index in [4.69, 9.17) is 14.7 Å². The van der Waals surface area contributed by atoms with E-state index in [1.165, 1.54) is 11.3 Å². The molecule has 0 N–H and O–H groups in total. The van der Waals surface area contributed by atoms with E-state index in [1.807, 2.05) is 25.1 Å². The second kappa shape index (κ2) is 6.89. The van der Waals surface area contributed by atoms with Crippen LogP contribution in [0.15, 0.2) is 23.6 Å². The number of nitrogens with zero attached hydrogens (tertiary/aromatic N) is 3. The van der Waals surface area contributed by atoms with Crippen molar-refractivity contribution in [3.05, 3.63) is 29.3 Å². The molecule has 2 aromatic rings. The Labute approximate surface area is 144 Å². The Morgan fingerprint density at radius 2 is 2.25 bits per heavy atom. The Morgan fingerprint density at radius 3 is 3.00 bits per heavy atom. The summed E-state index contributed by atoms with van der Waals surface area (Å²) >= 11 is 1.41. The highest BCUT2D eigenvalue weighted by Crippen LogP contribution is 2.36. The minimum atomic E-state index is -0.208. The second-order valence-corrected chi connectivity index (χ2v) is 6.34. The summed E-state index contributed by atoms with van der Waals surface area (Å²) < 4.78 is 10.7. The van der Waals surface area contributed by atoms with E-state index in [0.717, 1.165) is 10.6 Å². The number of amides is 1. The predicted molar refractivity (Wildman–Crippen MR) is 90.0 cm³/mol. The fourth-order valence-corrected chi connectivity index (χ4v) is 3.21. The van der Waals surface area contributed by atoms with E-state index >= 15 is 0 Å². The second-order valence-electron chi connectivity index (χ2n) is 5.48. The fourth-order valence-electron chi connectivity index (χ4n) is 2.42. The number of hydrogen-bond donors (Lipinski definition) is 0. The number of aromatic nitrogens is 1. The first-order chi connectivity index (χ1) is 11.6. The van der Waals surface area contributed by atoms with Crippen molar-refractivity contribution in [2.75, 3.05) is 19.9 Å². The van der Waals surface area contributed by atoms with E-state index in [9.17, 15) is 4.79 Å². The van der Waals surface area contributed by atoms with Gasteiger partial charge in [-0.3, -0.25) is 4.79 Å². The van der Waals surface area contributed by atoms with Crippen LogP contribution in [0.3, 0.4) is 0 Å². The lowest BCUT2D eigenvalue weighted by Gasteiger charge is -2.20. The van der Waals surface area contributed by atoms with Gasteiger partial charge in [-0.05, 0) is 32.0 Å². The van der Waals surface area contributed by atoms with Crippen molar-refractivity contribution in [3.8, 4) is 28.1 Å². The lowest BCUT2D eigenvalue weighted by atomic mass is 10.2. The lowest BCUT2D eigenvalue weighted by Crippen LogP contribution is -2.34. The van der Waals surface area contributed by atoms with Crippen LogP contribution < -0.4 is 9.47 Å². The molecular formula is C17H17N3O3S. The van der Waals surface area contributed by atoms with Gasteiger partial charge >= 0.3 is 0 Å². The Balaban J connectivity index is 1.80. The number of thiazole rings is 1. The molecule has 1 aromatic carbocycles. The summed E-state index contributed by atoms with van der Waals surface area (Å²) in [6, 6.07) is 7.76. The lowest BCUT2D eigenvalue weighted by molar-refractivity contribution is 0.0747. The molecule has 24 heavy (non-hydrogen) atoms. The van der Waals surface area contributed by atoms with Gasteiger partial charge < -0.3 is 14.4 Å². The van der Waals surface area contributed by atoms with Crippen molar-refractivity contribution in [2.45, 2.75) is 13.8 Å². The largest absolute Gasteiger partial charge is 0.454 e. The highest BCUT2D eigenvalue weighted by Gasteiger charge is 2.21. The van der Waals surface area contributed by atoms with Crippen molar-refractivity contribution in [1.29, 1.82) is 5.26 Å². The minimum absolute atomic E-state index is 0.150. The highest BCUT2D eigenvalue weighted by atomic mass is 32.1. The number of ether oxygens (including phenoxy) is 2. The van der Waals surface area contributed by atoms with Crippen LogP contribution in [0.4, 0.5) is 0 Å². The SMILES string of the molecule is CCN(C[C@H](C)C#N)C(=O)c1csc(-c2ccc3c(c2)OCO3)n1. The number of fused-ring (bicyclic) bond motifs is 1. The molecule has 1 aliphatic rings. The molecule has 0 spiro atoms. The Kier molecular flexibility index (Phi) is 4.67. The van der Waals surface area contributed by atoms with Crippen LogP contribution in [0.5, 0.6) is 11.5 Å². The third-order valence-corrected chi connectivity index (χ3v) is 4.62. The molecule has 124 valence electrons. The molecule has 6 nitrogen and oxygen atoms in total. The van der Waals surface area contributed by atoms with Crippen LogP contribution in [-0.2, 0) is 0 Å². The first-order valence-electron chi connectivity index (χ1n) is 7.66. The number of hydrogen-bond acceptors (Lipinski definition) is 6. The van der Waals surface area contributed by atoms with Gasteiger partial charge in [0.25, 0.3) is 5.91 Å². The molecule has 1 aliphatic heterocycles. The molecule has 0 saturated heterocycles. The standard InChI is InChI=1S/C17H17N3O3S/c1-3-20(8-11(2)7-18)17(21)13-9-24-16(19-13)12-4-5-14-15(6-12)23-10-22-14/h4-6,9,11H,3,8,10H2,1-2H3/t11-/m1/s1. The third kappa shape index (κ3) is 3.19. The van der Waals surface area contributed by atoms with Crippen LogP contribution in [0, 0.1) is 17.2 Å². The van der Waals surface area contributed by atoms with Gasteiger partial charge in [-0.15, -0.1) is 11.3 Å². The zero-order valence-corrected chi connectivity index (χ0v) is 14.3. The van der Waals surface area contributed by atoms with Gasteiger partial charge in [0.1, 0.15) is 10.7 Å². The molecule has 0 fully saturated rings. The molecular weight excluding hydrogens is 326 g/mol. The number of rotatable bonds is 5. The quantitative estimate of drug-likeness (QED) is 0.833. The topological polar surface area (TPSA) is 75.5 Å². The van der Waals surface area contributed by atoms with Crippen molar-refractivity contribution < 1.29 is 14.3 Å². The summed E-state index contributed by atoms with van der Waals surface area (Å²) in [5.74, 6) is 1.05. The van der Waals surface area contributed by atoms with Crippen LogP contribution in [0.25, 0.3) is 10.6 Å². The summed E-state index contributed by atoms with van der Waals surface area (Å²) in [6.07, 6.45) is 0. The highest BCUT2D eigenvalue weighted by molar-refractivity contribution is 7.13. The van der Waals surface area contributed by atoms with Gasteiger partial charge in [-0.1, -0.05) is 0 Å². The smallest absolute Gasteiger partial charge is 0.273 e. The maximum atomic E-state index is 12.6. The normalized spacial score (nSPS) is 13.4. The van der Waals surface area contributed by atoms with Gasteiger partial charge in [0.05, 0.1) is 12.0 Å². The molecule has 1 aromatic heterocycles. The zero-order valence-electron chi connectivity index (χ0n) is 13.5. The summed E-state index contributed by atoms with van der Waals surface area (Å²) in [7, 11) is 0. The number of carbonyl (C=O) groups is 1. The summed E-state index contributed by atoms with van der Waals surface area (Å²) in [5.41, 5.74) is 1.29. The Bertz CT molecular complexity index is 797. The number of carbonyl (C=O) groups excluding carboxylic acids is 1. The zero-order chi connectivity index (χ0) is 17.1. The summed E-state index contributed by atoms with van der Waals surface area (Å²) in [5, 5.41) is 11.4. The van der Waals surface area contributed by atoms with Crippen LogP contribution >= 0.6 is 11.3 Å². The van der Waals surface area contributed by atoms with E-state index in [0.29, 0.717) is 30.3 Å².